The maximum absolute atomic E-state index is 13.6. The van der Waals surface area contributed by atoms with Gasteiger partial charge in [0.15, 0.2) is 0 Å². The standard InChI is InChI=1S/C28H29ClN4O7/c1-30-19-6-5-16(29)11-17(19)18-12-26(34)33(14-25(18)40-4)23(7-8-38-2)27(35)32-21-13-20-15(10-24(21)39-3)9-22(31-20)28(36)37/h5-6,9-14,23,30-31H,7-8H2,1-4H3,(H,32,35)(H,36,37). The Labute approximate surface area is 234 Å². The third kappa shape index (κ3) is 5.75. The summed E-state index contributed by atoms with van der Waals surface area (Å²) in [7, 11) is 6.17. The van der Waals surface area contributed by atoms with Crippen molar-refractivity contribution in [1.82, 2.24) is 9.55 Å². The van der Waals surface area contributed by atoms with E-state index in [4.69, 9.17) is 25.8 Å². The molecule has 0 fully saturated rings. The van der Waals surface area contributed by atoms with Crippen LogP contribution in [0.25, 0.3) is 22.0 Å². The summed E-state index contributed by atoms with van der Waals surface area (Å²) in [6.07, 6.45) is 1.67. The number of amides is 1. The Morgan fingerprint density at radius 2 is 1.77 bits per heavy atom. The van der Waals surface area contributed by atoms with Gasteiger partial charge in [-0.05, 0) is 36.4 Å². The van der Waals surface area contributed by atoms with Crippen molar-refractivity contribution in [2.24, 2.45) is 0 Å². The van der Waals surface area contributed by atoms with Crippen molar-refractivity contribution in [2.45, 2.75) is 12.5 Å². The number of carboxylic acids is 1. The molecule has 12 heteroatoms. The zero-order chi connectivity index (χ0) is 29.0. The van der Waals surface area contributed by atoms with E-state index in [1.54, 1.807) is 37.4 Å². The number of pyridine rings is 1. The average Bonchev–Trinajstić information content (AvgIpc) is 3.36. The molecule has 210 valence electrons. The Hall–Kier alpha value is -4.48. The van der Waals surface area contributed by atoms with E-state index in [-0.39, 0.29) is 18.7 Å². The van der Waals surface area contributed by atoms with E-state index < -0.39 is 23.5 Å². The molecular weight excluding hydrogens is 540 g/mol. The quantitative estimate of drug-likeness (QED) is 0.205. The second-order valence-electron chi connectivity index (χ2n) is 8.86. The number of halogens is 1. The number of hydrogen-bond acceptors (Lipinski definition) is 7. The molecule has 0 spiro atoms. The largest absolute Gasteiger partial charge is 0.495 e. The van der Waals surface area contributed by atoms with Gasteiger partial charge >= 0.3 is 5.97 Å². The lowest BCUT2D eigenvalue weighted by molar-refractivity contribution is -0.119. The number of carbonyl (C=O) groups is 2. The number of rotatable bonds is 11. The number of nitrogens with one attached hydrogen (secondary N) is 3. The van der Waals surface area contributed by atoms with Crippen LogP contribution in [0, 0.1) is 0 Å². The van der Waals surface area contributed by atoms with Gasteiger partial charge in [-0.3, -0.25) is 14.2 Å². The van der Waals surface area contributed by atoms with Crippen molar-refractivity contribution in [3.63, 3.8) is 0 Å². The van der Waals surface area contributed by atoms with Gasteiger partial charge in [0, 0.05) is 66.0 Å². The number of anilines is 2. The topological polar surface area (TPSA) is 144 Å². The SMILES string of the molecule is CNc1ccc(Cl)cc1-c1cc(=O)n(C(CCOC)C(=O)Nc2cc3[nH]c(C(=O)O)cc3cc2OC)cc1OC. The zero-order valence-corrected chi connectivity index (χ0v) is 23.1. The molecule has 0 aliphatic rings. The molecule has 1 amide bonds. The third-order valence-corrected chi connectivity index (χ3v) is 6.70. The zero-order valence-electron chi connectivity index (χ0n) is 22.3. The summed E-state index contributed by atoms with van der Waals surface area (Å²) in [6, 6.07) is 10.4. The van der Waals surface area contributed by atoms with E-state index in [9.17, 15) is 19.5 Å². The first-order chi connectivity index (χ1) is 19.2. The molecule has 4 rings (SSSR count). The molecule has 4 aromatic rings. The number of aromatic amines is 1. The highest BCUT2D eigenvalue weighted by Crippen LogP contribution is 2.37. The van der Waals surface area contributed by atoms with Gasteiger partial charge in [0.05, 0.1) is 26.1 Å². The van der Waals surface area contributed by atoms with Gasteiger partial charge in [0.2, 0.25) is 5.91 Å². The number of ether oxygens (including phenoxy) is 3. The van der Waals surface area contributed by atoms with Gasteiger partial charge in [-0.25, -0.2) is 4.79 Å². The van der Waals surface area contributed by atoms with Crippen LogP contribution in [-0.4, -0.2) is 61.5 Å². The summed E-state index contributed by atoms with van der Waals surface area (Å²) < 4.78 is 17.6. The Balaban J connectivity index is 1.76. The summed E-state index contributed by atoms with van der Waals surface area (Å²) in [4.78, 5) is 41.3. The third-order valence-electron chi connectivity index (χ3n) is 6.47. The fourth-order valence-electron chi connectivity index (χ4n) is 4.49. The molecule has 2 aromatic heterocycles. The van der Waals surface area contributed by atoms with Crippen LogP contribution in [-0.2, 0) is 9.53 Å². The number of methoxy groups -OCH3 is 3. The lowest BCUT2D eigenvalue weighted by Gasteiger charge is -2.22. The monoisotopic (exact) mass is 568 g/mol. The number of hydrogen-bond donors (Lipinski definition) is 4. The number of fused-ring (bicyclic) bond motifs is 1. The van der Waals surface area contributed by atoms with Gasteiger partial charge in [-0.15, -0.1) is 0 Å². The van der Waals surface area contributed by atoms with Crippen LogP contribution >= 0.6 is 11.6 Å². The van der Waals surface area contributed by atoms with Crippen LogP contribution in [0.4, 0.5) is 11.4 Å². The Morgan fingerprint density at radius 1 is 1.02 bits per heavy atom. The molecule has 11 nitrogen and oxygen atoms in total. The van der Waals surface area contributed by atoms with Crippen LogP contribution < -0.4 is 25.7 Å². The van der Waals surface area contributed by atoms with Gasteiger partial charge in [-0.1, -0.05) is 11.6 Å². The smallest absolute Gasteiger partial charge is 0.352 e. The molecule has 0 saturated heterocycles. The van der Waals surface area contributed by atoms with E-state index in [2.05, 4.69) is 15.6 Å². The van der Waals surface area contributed by atoms with Crippen LogP contribution in [0.2, 0.25) is 5.02 Å². The number of carbonyl (C=O) groups excluding carboxylic acids is 1. The summed E-state index contributed by atoms with van der Waals surface area (Å²) in [5.41, 5.74) is 2.27. The summed E-state index contributed by atoms with van der Waals surface area (Å²) in [5, 5.41) is 16.3. The fraction of sp³-hybridized carbons (Fsp3) is 0.250. The average molecular weight is 569 g/mol. The van der Waals surface area contributed by atoms with Crippen LogP contribution in [0.15, 0.2) is 53.5 Å². The number of benzene rings is 2. The molecule has 0 radical (unpaired) electrons. The number of nitrogens with zero attached hydrogens (tertiary/aromatic N) is 1. The van der Waals surface area contributed by atoms with Gasteiger partial charge in [0.25, 0.3) is 5.56 Å². The van der Waals surface area contributed by atoms with Crippen LogP contribution in [0.1, 0.15) is 23.0 Å². The molecule has 0 bridgehead atoms. The van der Waals surface area contributed by atoms with Crippen LogP contribution in [0.3, 0.4) is 0 Å². The van der Waals surface area contributed by atoms with Crippen molar-refractivity contribution in [3.8, 4) is 22.6 Å². The lowest BCUT2D eigenvalue weighted by atomic mass is 10.0. The van der Waals surface area contributed by atoms with E-state index in [1.165, 1.54) is 44.2 Å². The molecule has 2 aromatic carbocycles. The van der Waals surface area contributed by atoms with Crippen molar-refractivity contribution >= 4 is 45.8 Å². The summed E-state index contributed by atoms with van der Waals surface area (Å²) in [6.45, 7) is 0.196. The molecule has 0 saturated carbocycles. The molecule has 0 aliphatic carbocycles. The first-order valence-electron chi connectivity index (χ1n) is 12.2. The predicted molar refractivity (Wildman–Crippen MR) is 153 cm³/mol. The lowest BCUT2D eigenvalue weighted by Crippen LogP contribution is -2.34. The van der Waals surface area contributed by atoms with Crippen LogP contribution in [0.5, 0.6) is 11.5 Å². The minimum atomic E-state index is -1.11. The molecular formula is C28H29ClN4O7. The van der Waals surface area contributed by atoms with Gasteiger partial charge in [-0.2, -0.15) is 0 Å². The van der Waals surface area contributed by atoms with E-state index >= 15 is 0 Å². The number of aromatic nitrogens is 2. The minimum absolute atomic E-state index is 0.00151. The van der Waals surface area contributed by atoms with E-state index in [0.717, 1.165) is 5.69 Å². The van der Waals surface area contributed by atoms with E-state index in [1.807, 2.05) is 0 Å². The van der Waals surface area contributed by atoms with Crippen molar-refractivity contribution in [2.75, 3.05) is 45.6 Å². The molecule has 0 aliphatic heterocycles. The molecule has 40 heavy (non-hydrogen) atoms. The summed E-state index contributed by atoms with van der Waals surface area (Å²) >= 11 is 6.23. The summed E-state index contributed by atoms with van der Waals surface area (Å²) in [5.74, 6) is -0.935. The first-order valence-corrected chi connectivity index (χ1v) is 12.6. The number of carboxylic acid groups (broad SMARTS) is 1. The Morgan fingerprint density at radius 3 is 2.42 bits per heavy atom. The van der Waals surface area contributed by atoms with Crippen molar-refractivity contribution in [1.29, 1.82) is 0 Å². The van der Waals surface area contributed by atoms with E-state index in [0.29, 0.717) is 44.2 Å². The Kier molecular flexibility index (Phi) is 8.66. The molecule has 4 N–H and O–H groups in total. The minimum Gasteiger partial charge on any atom is -0.495 e. The fourth-order valence-corrected chi connectivity index (χ4v) is 4.66. The predicted octanol–water partition coefficient (Wildman–Crippen LogP) is 4.62. The molecule has 1 unspecified atom stereocenters. The highest BCUT2D eigenvalue weighted by molar-refractivity contribution is 6.31. The number of H-pyrrole nitrogens is 1. The van der Waals surface area contributed by atoms with Gasteiger partial charge in [0.1, 0.15) is 23.2 Å². The molecule has 2 heterocycles. The normalized spacial score (nSPS) is 11.7. The van der Waals surface area contributed by atoms with Crippen molar-refractivity contribution < 1.29 is 28.9 Å². The maximum Gasteiger partial charge on any atom is 0.352 e. The maximum atomic E-state index is 13.6. The highest BCUT2D eigenvalue weighted by atomic mass is 35.5. The Bertz CT molecular complexity index is 1630. The molecule has 1 atom stereocenters. The first kappa shape index (κ1) is 28.5. The second kappa shape index (κ2) is 12.1. The second-order valence-corrected chi connectivity index (χ2v) is 9.29. The van der Waals surface area contributed by atoms with Crippen molar-refractivity contribution in [3.05, 3.63) is 69.7 Å². The highest BCUT2D eigenvalue weighted by Gasteiger charge is 2.25. The van der Waals surface area contributed by atoms with Gasteiger partial charge < -0.3 is 34.9 Å². The number of aromatic carboxylic acids is 1.